The van der Waals surface area contributed by atoms with Gasteiger partial charge in [-0.25, -0.2) is 4.79 Å². The third-order valence-electron chi connectivity index (χ3n) is 2.86. The molecular weight excluding hydrogens is 186 g/mol. The molecule has 0 aliphatic heterocycles. The normalized spacial score (nSPS) is 28.8. The average Bonchev–Trinajstić information content (AvgIpc) is 2.08. The van der Waals surface area contributed by atoms with E-state index in [2.05, 4.69) is 0 Å². The second kappa shape index (κ2) is 4.25. The van der Waals surface area contributed by atoms with Crippen LogP contribution in [0.1, 0.15) is 32.1 Å². The third-order valence-corrected chi connectivity index (χ3v) is 2.86. The van der Waals surface area contributed by atoms with E-state index in [4.69, 9.17) is 21.1 Å². The summed E-state index contributed by atoms with van der Waals surface area (Å²) in [7, 11) is 0. The zero-order chi connectivity index (χ0) is 10.8. The SMILES string of the molecule is NC1CCCCC1CC(O)(O)C(=O)O. The molecule has 0 aromatic carbocycles. The zero-order valence-corrected chi connectivity index (χ0v) is 8.02. The Morgan fingerprint density at radius 1 is 1.36 bits per heavy atom. The first-order valence-electron chi connectivity index (χ1n) is 4.87. The topological polar surface area (TPSA) is 104 Å². The molecule has 0 bridgehead atoms. The van der Waals surface area contributed by atoms with Gasteiger partial charge in [0.25, 0.3) is 5.79 Å². The van der Waals surface area contributed by atoms with Gasteiger partial charge in [0.2, 0.25) is 0 Å². The molecule has 2 atom stereocenters. The summed E-state index contributed by atoms with van der Waals surface area (Å²) in [4.78, 5) is 10.5. The average molecular weight is 203 g/mol. The van der Waals surface area contributed by atoms with Gasteiger partial charge < -0.3 is 21.1 Å². The molecule has 5 nitrogen and oxygen atoms in total. The number of nitrogens with two attached hydrogens (primary N) is 1. The van der Waals surface area contributed by atoms with Crippen molar-refractivity contribution in [1.29, 1.82) is 0 Å². The standard InChI is InChI=1S/C9H17NO4/c10-7-4-2-1-3-6(7)5-9(13,14)8(11)12/h6-7,13-14H,1-5,10H2,(H,11,12). The van der Waals surface area contributed by atoms with E-state index in [9.17, 15) is 4.79 Å². The van der Waals surface area contributed by atoms with Crippen molar-refractivity contribution in [3.05, 3.63) is 0 Å². The van der Waals surface area contributed by atoms with Crippen LogP contribution in [0.4, 0.5) is 0 Å². The Morgan fingerprint density at radius 2 is 1.93 bits per heavy atom. The van der Waals surface area contributed by atoms with Crippen molar-refractivity contribution >= 4 is 5.97 Å². The van der Waals surface area contributed by atoms with Crippen molar-refractivity contribution in [2.24, 2.45) is 11.7 Å². The van der Waals surface area contributed by atoms with Gasteiger partial charge in [0.15, 0.2) is 0 Å². The van der Waals surface area contributed by atoms with Gasteiger partial charge in [0.1, 0.15) is 0 Å². The maximum atomic E-state index is 10.5. The first-order valence-corrected chi connectivity index (χ1v) is 4.87. The Hall–Kier alpha value is -0.650. The lowest BCUT2D eigenvalue weighted by atomic mass is 9.81. The highest BCUT2D eigenvalue weighted by Gasteiger charge is 2.38. The highest BCUT2D eigenvalue weighted by atomic mass is 16.5. The summed E-state index contributed by atoms with van der Waals surface area (Å²) >= 11 is 0. The quantitative estimate of drug-likeness (QED) is 0.470. The number of carbonyl (C=O) groups is 1. The monoisotopic (exact) mass is 203 g/mol. The van der Waals surface area contributed by atoms with Gasteiger partial charge in [0, 0.05) is 12.5 Å². The smallest absolute Gasteiger partial charge is 0.364 e. The lowest BCUT2D eigenvalue weighted by Crippen LogP contribution is -2.45. The van der Waals surface area contributed by atoms with Crippen LogP contribution >= 0.6 is 0 Å². The van der Waals surface area contributed by atoms with Gasteiger partial charge in [-0.1, -0.05) is 12.8 Å². The second-order valence-corrected chi connectivity index (χ2v) is 4.03. The number of hydrogen-bond acceptors (Lipinski definition) is 4. The molecule has 1 aliphatic rings. The van der Waals surface area contributed by atoms with Crippen LogP contribution in [-0.2, 0) is 4.79 Å². The predicted octanol–water partition coefficient (Wildman–Crippen LogP) is -0.341. The molecule has 0 aromatic heterocycles. The Morgan fingerprint density at radius 3 is 2.43 bits per heavy atom. The van der Waals surface area contributed by atoms with E-state index in [0.29, 0.717) is 0 Å². The molecule has 1 saturated carbocycles. The Balaban J connectivity index is 2.53. The molecule has 0 radical (unpaired) electrons. The van der Waals surface area contributed by atoms with Gasteiger partial charge in [-0.05, 0) is 18.8 Å². The van der Waals surface area contributed by atoms with Crippen molar-refractivity contribution in [2.75, 3.05) is 0 Å². The fourth-order valence-corrected chi connectivity index (χ4v) is 1.94. The summed E-state index contributed by atoms with van der Waals surface area (Å²) in [6.45, 7) is 0. The van der Waals surface area contributed by atoms with Gasteiger partial charge in [-0.2, -0.15) is 0 Å². The molecule has 82 valence electrons. The number of aliphatic hydroxyl groups is 2. The molecular formula is C9H17NO4. The van der Waals surface area contributed by atoms with Crippen molar-refractivity contribution in [3.8, 4) is 0 Å². The van der Waals surface area contributed by atoms with Crippen LogP contribution < -0.4 is 5.73 Å². The number of aliphatic carboxylic acids is 1. The molecule has 1 fully saturated rings. The van der Waals surface area contributed by atoms with Crippen molar-refractivity contribution in [1.82, 2.24) is 0 Å². The number of rotatable bonds is 3. The minimum absolute atomic E-state index is 0.102. The highest BCUT2D eigenvalue weighted by Crippen LogP contribution is 2.29. The van der Waals surface area contributed by atoms with E-state index < -0.39 is 11.8 Å². The molecule has 0 amide bonds. The molecule has 5 N–H and O–H groups in total. The molecule has 0 spiro atoms. The molecule has 14 heavy (non-hydrogen) atoms. The van der Waals surface area contributed by atoms with Crippen molar-refractivity contribution < 1.29 is 20.1 Å². The summed E-state index contributed by atoms with van der Waals surface area (Å²) in [5.41, 5.74) is 5.77. The van der Waals surface area contributed by atoms with Gasteiger partial charge >= 0.3 is 5.97 Å². The third kappa shape index (κ3) is 2.67. The van der Waals surface area contributed by atoms with E-state index in [1.54, 1.807) is 0 Å². The maximum absolute atomic E-state index is 10.5. The fourth-order valence-electron chi connectivity index (χ4n) is 1.94. The first kappa shape index (κ1) is 11.4. The summed E-state index contributed by atoms with van der Waals surface area (Å²) in [6.07, 6.45) is 3.45. The number of hydrogen-bond donors (Lipinski definition) is 4. The Kier molecular flexibility index (Phi) is 3.47. The van der Waals surface area contributed by atoms with Gasteiger partial charge in [-0.3, -0.25) is 0 Å². The Bertz CT molecular complexity index is 217. The van der Waals surface area contributed by atoms with Crippen molar-refractivity contribution in [3.63, 3.8) is 0 Å². The van der Waals surface area contributed by atoms with E-state index in [1.165, 1.54) is 0 Å². The molecule has 0 heterocycles. The Labute approximate surface area is 82.5 Å². The minimum Gasteiger partial charge on any atom is -0.477 e. The summed E-state index contributed by atoms with van der Waals surface area (Å²) in [5, 5.41) is 26.8. The second-order valence-electron chi connectivity index (χ2n) is 4.03. The fraction of sp³-hybridized carbons (Fsp3) is 0.889. The van der Waals surface area contributed by atoms with Crippen LogP contribution in [0, 0.1) is 5.92 Å². The van der Waals surface area contributed by atoms with Crippen LogP contribution in [0.5, 0.6) is 0 Å². The largest absolute Gasteiger partial charge is 0.477 e. The number of carboxylic acid groups (broad SMARTS) is 1. The summed E-state index contributed by atoms with van der Waals surface area (Å²) < 4.78 is 0. The van der Waals surface area contributed by atoms with E-state index >= 15 is 0 Å². The zero-order valence-electron chi connectivity index (χ0n) is 8.02. The molecule has 2 unspecified atom stereocenters. The van der Waals surface area contributed by atoms with Crippen LogP contribution in [0.3, 0.4) is 0 Å². The minimum atomic E-state index is -2.63. The van der Waals surface area contributed by atoms with E-state index in [1.807, 2.05) is 0 Å². The predicted molar refractivity (Wildman–Crippen MR) is 49.4 cm³/mol. The molecule has 5 heteroatoms. The van der Waals surface area contributed by atoms with E-state index in [-0.39, 0.29) is 18.4 Å². The van der Waals surface area contributed by atoms with Gasteiger partial charge in [-0.15, -0.1) is 0 Å². The molecule has 1 rings (SSSR count). The van der Waals surface area contributed by atoms with Crippen LogP contribution in [0.2, 0.25) is 0 Å². The maximum Gasteiger partial charge on any atom is 0.364 e. The lowest BCUT2D eigenvalue weighted by molar-refractivity contribution is -0.210. The molecule has 0 aromatic rings. The van der Waals surface area contributed by atoms with E-state index in [0.717, 1.165) is 25.7 Å². The highest BCUT2D eigenvalue weighted by molar-refractivity contribution is 5.74. The lowest BCUT2D eigenvalue weighted by Gasteiger charge is -2.31. The molecule has 1 aliphatic carbocycles. The molecule has 0 saturated heterocycles. The van der Waals surface area contributed by atoms with Crippen LogP contribution in [-0.4, -0.2) is 33.1 Å². The van der Waals surface area contributed by atoms with Gasteiger partial charge in [0.05, 0.1) is 0 Å². The first-order chi connectivity index (χ1) is 6.43. The number of carboxylic acids is 1. The van der Waals surface area contributed by atoms with Crippen LogP contribution in [0.15, 0.2) is 0 Å². The summed E-state index contributed by atoms with van der Waals surface area (Å²) in [5.74, 6) is -4.33. The summed E-state index contributed by atoms with van der Waals surface area (Å²) in [6, 6.07) is -0.109. The van der Waals surface area contributed by atoms with Crippen molar-refractivity contribution in [2.45, 2.75) is 43.9 Å². The van der Waals surface area contributed by atoms with Crippen LogP contribution in [0.25, 0.3) is 0 Å².